The summed E-state index contributed by atoms with van der Waals surface area (Å²) in [7, 11) is 0. The molecule has 0 saturated carbocycles. The van der Waals surface area contributed by atoms with Crippen LogP contribution in [0.25, 0.3) is 0 Å². The second kappa shape index (κ2) is 8.43. The second-order valence-corrected chi connectivity index (χ2v) is 6.39. The minimum Gasteiger partial charge on any atom is -0.406 e. The molecule has 2 aromatic carbocycles. The maximum Gasteiger partial charge on any atom is 0.573 e. The molecule has 7 heteroatoms. The van der Waals surface area contributed by atoms with E-state index >= 15 is 0 Å². The number of likely N-dealkylation sites (tertiary alicyclic amines) is 1. The SMILES string of the molecule is O=C(c1ccccc1)N1CCC[C@H](OCc2cccc(OC(F)(F)F)c2)C1. The maximum atomic E-state index is 12.5. The number of piperidine rings is 1. The molecule has 1 aliphatic rings. The van der Waals surface area contributed by atoms with Gasteiger partial charge >= 0.3 is 6.36 Å². The van der Waals surface area contributed by atoms with E-state index in [4.69, 9.17) is 4.74 Å². The largest absolute Gasteiger partial charge is 0.573 e. The van der Waals surface area contributed by atoms with E-state index in [0.717, 1.165) is 12.8 Å². The van der Waals surface area contributed by atoms with Crippen LogP contribution >= 0.6 is 0 Å². The van der Waals surface area contributed by atoms with Gasteiger partial charge in [0.15, 0.2) is 0 Å². The Hall–Kier alpha value is -2.54. The summed E-state index contributed by atoms with van der Waals surface area (Å²) >= 11 is 0. The monoisotopic (exact) mass is 379 g/mol. The fourth-order valence-electron chi connectivity index (χ4n) is 3.07. The maximum absolute atomic E-state index is 12.5. The lowest BCUT2D eigenvalue weighted by Gasteiger charge is -2.32. The molecule has 0 aliphatic carbocycles. The summed E-state index contributed by atoms with van der Waals surface area (Å²) in [6.07, 6.45) is -3.25. The third kappa shape index (κ3) is 5.72. The normalized spacial score (nSPS) is 17.6. The molecule has 1 heterocycles. The number of hydrogen-bond donors (Lipinski definition) is 0. The summed E-state index contributed by atoms with van der Waals surface area (Å²) in [4.78, 5) is 14.3. The molecule has 0 bridgehead atoms. The number of alkyl halides is 3. The fraction of sp³-hybridized carbons (Fsp3) is 0.350. The van der Waals surface area contributed by atoms with E-state index in [1.807, 2.05) is 18.2 Å². The molecule has 144 valence electrons. The number of halogens is 3. The van der Waals surface area contributed by atoms with Crippen LogP contribution in [-0.4, -0.2) is 36.4 Å². The first-order valence-corrected chi connectivity index (χ1v) is 8.71. The number of ether oxygens (including phenoxy) is 2. The average molecular weight is 379 g/mol. The molecule has 1 saturated heterocycles. The van der Waals surface area contributed by atoms with Crippen LogP contribution in [0, 0.1) is 0 Å². The molecular formula is C20H20F3NO3. The van der Waals surface area contributed by atoms with E-state index < -0.39 is 6.36 Å². The minimum absolute atomic E-state index is 0.0375. The van der Waals surface area contributed by atoms with Gasteiger partial charge in [-0.2, -0.15) is 0 Å². The number of rotatable bonds is 5. The van der Waals surface area contributed by atoms with Crippen molar-refractivity contribution in [2.75, 3.05) is 13.1 Å². The molecule has 0 aromatic heterocycles. The lowest BCUT2D eigenvalue weighted by Crippen LogP contribution is -2.43. The molecule has 27 heavy (non-hydrogen) atoms. The Labute approximate surface area is 155 Å². The van der Waals surface area contributed by atoms with E-state index in [-0.39, 0.29) is 24.4 Å². The minimum atomic E-state index is -4.72. The summed E-state index contributed by atoms with van der Waals surface area (Å²) in [5, 5.41) is 0. The Balaban J connectivity index is 1.55. The van der Waals surface area contributed by atoms with Crippen LogP contribution in [0.1, 0.15) is 28.8 Å². The van der Waals surface area contributed by atoms with Gasteiger partial charge in [-0.3, -0.25) is 4.79 Å². The van der Waals surface area contributed by atoms with Crippen molar-refractivity contribution in [2.45, 2.75) is 31.9 Å². The summed E-state index contributed by atoms with van der Waals surface area (Å²) in [5.41, 5.74) is 1.22. The van der Waals surface area contributed by atoms with Gasteiger partial charge in [0.2, 0.25) is 0 Å². The summed E-state index contributed by atoms with van der Waals surface area (Å²) in [5.74, 6) is -0.308. The molecule has 3 rings (SSSR count). The van der Waals surface area contributed by atoms with Gasteiger partial charge in [0.05, 0.1) is 12.7 Å². The van der Waals surface area contributed by atoms with Crippen molar-refractivity contribution in [1.82, 2.24) is 4.90 Å². The van der Waals surface area contributed by atoms with Gasteiger partial charge in [0.1, 0.15) is 5.75 Å². The second-order valence-electron chi connectivity index (χ2n) is 6.39. The van der Waals surface area contributed by atoms with Gasteiger partial charge in [-0.25, -0.2) is 0 Å². The van der Waals surface area contributed by atoms with Gasteiger partial charge in [-0.05, 0) is 42.7 Å². The number of benzene rings is 2. The Morgan fingerprint density at radius 3 is 2.63 bits per heavy atom. The van der Waals surface area contributed by atoms with E-state index in [0.29, 0.717) is 24.2 Å². The van der Waals surface area contributed by atoms with Crippen LogP contribution in [0.3, 0.4) is 0 Å². The number of hydrogen-bond acceptors (Lipinski definition) is 3. The summed E-state index contributed by atoms with van der Waals surface area (Å²) < 4.78 is 46.7. The summed E-state index contributed by atoms with van der Waals surface area (Å²) in [6, 6.07) is 14.8. The van der Waals surface area contributed by atoms with Crippen LogP contribution < -0.4 is 4.74 Å². The molecule has 1 fully saturated rings. The van der Waals surface area contributed by atoms with Crippen molar-refractivity contribution in [3.05, 3.63) is 65.7 Å². The zero-order valence-corrected chi connectivity index (χ0v) is 14.6. The quantitative estimate of drug-likeness (QED) is 0.773. The smallest absolute Gasteiger partial charge is 0.406 e. The lowest BCUT2D eigenvalue weighted by molar-refractivity contribution is -0.274. The van der Waals surface area contributed by atoms with E-state index in [9.17, 15) is 18.0 Å². The van der Waals surface area contributed by atoms with Crippen LogP contribution in [0.2, 0.25) is 0 Å². The summed E-state index contributed by atoms with van der Waals surface area (Å²) in [6.45, 7) is 1.29. The van der Waals surface area contributed by atoms with Crippen molar-refractivity contribution in [3.63, 3.8) is 0 Å². The predicted molar refractivity (Wildman–Crippen MR) is 93.3 cm³/mol. The van der Waals surface area contributed by atoms with Gasteiger partial charge in [-0.1, -0.05) is 30.3 Å². The van der Waals surface area contributed by atoms with Crippen LogP contribution in [0.5, 0.6) is 5.75 Å². The molecule has 4 nitrogen and oxygen atoms in total. The van der Waals surface area contributed by atoms with Gasteiger partial charge in [-0.15, -0.1) is 13.2 Å². The van der Waals surface area contributed by atoms with E-state index in [1.165, 1.54) is 18.2 Å². The van der Waals surface area contributed by atoms with Gasteiger partial charge in [0.25, 0.3) is 5.91 Å². The van der Waals surface area contributed by atoms with E-state index in [2.05, 4.69) is 4.74 Å². The zero-order valence-electron chi connectivity index (χ0n) is 14.6. The molecule has 0 N–H and O–H groups in total. The Morgan fingerprint density at radius 2 is 1.89 bits per heavy atom. The fourth-order valence-corrected chi connectivity index (χ4v) is 3.07. The molecule has 1 atom stereocenters. The number of amides is 1. The van der Waals surface area contributed by atoms with Crippen molar-refractivity contribution in [2.24, 2.45) is 0 Å². The first-order chi connectivity index (χ1) is 12.9. The highest BCUT2D eigenvalue weighted by molar-refractivity contribution is 5.94. The topological polar surface area (TPSA) is 38.8 Å². The molecule has 0 radical (unpaired) electrons. The number of nitrogens with zero attached hydrogens (tertiary/aromatic N) is 1. The lowest BCUT2D eigenvalue weighted by atomic mass is 10.1. The van der Waals surface area contributed by atoms with Gasteiger partial charge < -0.3 is 14.4 Å². The van der Waals surface area contributed by atoms with Crippen LogP contribution in [0.15, 0.2) is 54.6 Å². The molecular weight excluding hydrogens is 359 g/mol. The highest BCUT2D eigenvalue weighted by Gasteiger charge is 2.31. The molecule has 1 aliphatic heterocycles. The third-order valence-electron chi connectivity index (χ3n) is 4.30. The standard InChI is InChI=1S/C20H20F3NO3/c21-20(22,23)27-17-9-4-6-15(12-17)14-26-18-10-5-11-24(13-18)19(25)16-7-2-1-3-8-16/h1-4,6-9,12,18H,5,10-11,13-14H2/t18-/m0/s1. The molecule has 1 amide bonds. The van der Waals surface area contributed by atoms with Crippen molar-refractivity contribution < 1.29 is 27.4 Å². The first-order valence-electron chi connectivity index (χ1n) is 8.71. The molecule has 2 aromatic rings. The average Bonchev–Trinajstić information content (AvgIpc) is 2.66. The Morgan fingerprint density at radius 1 is 1.11 bits per heavy atom. The third-order valence-corrected chi connectivity index (χ3v) is 4.30. The number of carbonyl (C=O) groups excluding carboxylic acids is 1. The van der Waals surface area contributed by atoms with Gasteiger partial charge in [0, 0.05) is 18.7 Å². The van der Waals surface area contributed by atoms with E-state index in [1.54, 1.807) is 23.1 Å². The molecule has 0 spiro atoms. The van der Waals surface area contributed by atoms with Crippen molar-refractivity contribution in [1.29, 1.82) is 0 Å². The number of carbonyl (C=O) groups is 1. The zero-order chi connectivity index (χ0) is 19.3. The Bertz CT molecular complexity index is 765. The van der Waals surface area contributed by atoms with Crippen LogP contribution in [-0.2, 0) is 11.3 Å². The van der Waals surface area contributed by atoms with Crippen molar-refractivity contribution >= 4 is 5.91 Å². The van der Waals surface area contributed by atoms with Crippen LogP contribution in [0.4, 0.5) is 13.2 Å². The van der Waals surface area contributed by atoms with Crippen molar-refractivity contribution in [3.8, 4) is 5.75 Å². The highest BCUT2D eigenvalue weighted by Crippen LogP contribution is 2.24. The predicted octanol–water partition coefficient (Wildman–Crippen LogP) is 4.41. The highest BCUT2D eigenvalue weighted by atomic mass is 19.4. The Kier molecular flexibility index (Phi) is 6.01. The molecule has 0 unspecified atom stereocenters. The first kappa shape index (κ1) is 19.2.